The number of para-hydroxylation sites is 1. The lowest BCUT2D eigenvalue weighted by Gasteiger charge is -2.12. The monoisotopic (exact) mass is 321 g/mol. The van der Waals surface area contributed by atoms with Crippen molar-refractivity contribution < 1.29 is 0 Å². The fourth-order valence-corrected chi connectivity index (χ4v) is 3.20. The van der Waals surface area contributed by atoms with Crippen LogP contribution in [-0.2, 0) is 12.8 Å². The molecule has 18 heavy (non-hydrogen) atoms. The molecule has 0 saturated heterocycles. The van der Waals surface area contributed by atoms with E-state index >= 15 is 0 Å². The number of nitrogens with one attached hydrogen (secondary N) is 1. The number of anilines is 1. The molecule has 0 radical (unpaired) electrons. The van der Waals surface area contributed by atoms with Crippen molar-refractivity contribution in [3.63, 3.8) is 0 Å². The molecular weight excluding hydrogens is 310 g/mol. The van der Waals surface area contributed by atoms with Crippen LogP contribution in [0.1, 0.15) is 11.1 Å². The zero-order valence-corrected chi connectivity index (χ0v) is 12.1. The molecule has 2 aromatic carbocycles. The van der Waals surface area contributed by atoms with Gasteiger partial charge in [-0.25, -0.2) is 0 Å². The van der Waals surface area contributed by atoms with Crippen LogP contribution < -0.4 is 5.32 Å². The molecule has 0 spiro atoms. The Morgan fingerprint density at radius 3 is 2.83 bits per heavy atom. The summed E-state index contributed by atoms with van der Waals surface area (Å²) in [4.78, 5) is 0. The van der Waals surface area contributed by atoms with Gasteiger partial charge in [0.1, 0.15) is 0 Å². The predicted molar refractivity (Wildman–Crippen MR) is 80.4 cm³/mol. The summed E-state index contributed by atoms with van der Waals surface area (Å²) in [5.41, 5.74) is 3.86. The number of rotatable bonds is 2. The van der Waals surface area contributed by atoms with Gasteiger partial charge in [0, 0.05) is 21.2 Å². The first kappa shape index (κ1) is 12.1. The third kappa shape index (κ3) is 2.40. The molecule has 0 aliphatic carbocycles. The van der Waals surface area contributed by atoms with Crippen molar-refractivity contribution in [2.24, 2.45) is 0 Å². The Balaban J connectivity index is 1.76. The molecule has 3 heteroatoms. The number of hydrogen-bond donors (Lipinski definition) is 1. The van der Waals surface area contributed by atoms with Gasteiger partial charge >= 0.3 is 0 Å². The Labute approximate surface area is 120 Å². The molecule has 1 unspecified atom stereocenters. The standard InChI is InChI=1S/C15H13BrClN/c16-12-6-5-10(14(17)9-12)7-13-8-11-3-1-2-4-15(11)18-13/h1-6,9,13,18H,7-8H2. The molecule has 3 rings (SSSR count). The van der Waals surface area contributed by atoms with E-state index in [0.29, 0.717) is 6.04 Å². The average molecular weight is 323 g/mol. The van der Waals surface area contributed by atoms with Gasteiger partial charge in [0.2, 0.25) is 0 Å². The maximum atomic E-state index is 6.26. The Morgan fingerprint density at radius 1 is 1.22 bits per heavy atom. The third-order valence-electron chi connectivity index (χ3n) is 3.32. The second kappa shape index (κ2) is 4.94. The maximum Gasteiger partial charge on any atom is 0.0449 e. The summed E-state index contributed by atoms with van der Waals surface area (Å²) in [5.74, 6) is 0. The minimum atomic E-state index is 0.445. The SMILES string of the molecule is Clc1cc(Br)ccc1CC1Cc2ccccc2N1. The quantitative estimate of drug-likeness (QED) is 0.846. The Hall–Kier alpha value is -0.990. The molecule has 92 valence electrons. The smallest absolute Gasteiger partial charge is 0.0449 e. The molecule has 1 atom stereocenters. The van der Waals surface area contributed by atoms with Crippen molar-refractivity contribution in [1.29, 1.82) is 0 Å². The van der Waals surface area contributed by atoms with Crippen LogP contribution in [0.5, 0.6) is 0 Å². The molecule has 0 bridgehead atoms. The van der Waals surface area contributed by atoms with Crippen LogP contribution in [0.4, 0.5) is 5.69 Å². The highest BCUT2D eigenvalue weighted by molar-refractivity contribution is 9.10. The molecule has 0 aromatic heterocycles. The van der Waals surface area contributed by atoms with Crippen molar-refractivity contribution >= 4 is 33.2 Å². The topological polar surface area (TPSA) is 12.0 Å². The Kier molecular flexibility index (Phi) is 3.31. The molecule has 1 nitrogen and oxygen atoms in total. The van der Waals surface area contributed by atoms with E-state index < -0.39 is 0 Å². The van der Waals surface area contributed by atoms with Crippen molar-refractivity contribution in [2.45, 2.75) is 18.9 Å². The zero-order valence-electron chi connectivity index (χ0n) is 9.79. The molecule has 1 aliphatic heterocycles. The van der Waals surface area contributed by atoms with E-state index in [1.54, 1.807) is 0 Å². The summed E-state index contributed by atoms with van der Waals surface area (Å²) in [7, 11) is 0. The van der Waals surface area contributed by atoms with Gasteiger partial charge in [0.05, 0.1) is 0 Å². The summed E-state index contributed by atoms with van der Waals surface area (Å²) in [6, 6.07) is 15.0. The fraction of sp³-hybridized carbons (Fsp3) is 0.200. The van der Waals surface area contributed by atoms with Crippen molar-refractivity contribution in [3.8, 4) is 0 Å². The fourth-order valence-electron chi connectivity index (χ4n) is 2.45. The van der Waals surface area contributed by atoms with Gasteiger partial charge in [-0.2, -0.15) is 0 Å². The van der Waals surface area contributed by atoms with Crippen LogP contribution in [0, 0.1) is 0 Å². The highest BCUT2D eigenvalue weighted by Crippen LogP contribution is 2.29. The van der Waals surface area contributed by atoms with Gasteiger partial charge < -0.3 is 5.32 Å². The lowest BCUT2D eigenvalue weighted by Crippen LogP contribution is -2.18. The Morgan fingerprint density at radius 2 is 2.06 bits per heavy atom. The third-order valence-corrected chi connectivity index (χ3v) is 4.17. The van der Waals surface area contributed by atoms with Gasteiger partial charge in [-0.3, -0.25) is 0 Å². The van der Waals surface area contributed by atoms with Crippen molar-refractivity contribution in [2.75, 3.05) is 5.32 Å². The van der Waals surface area contributed by atoms with E-state index in [-0.39, 0.29) is 0 Å². The number of fused-ring (bicyclic) bond motifs is 1. The van der Waals surface area contributed by atoms with E-state index in [4.69, 9.17) is 11.6 Å². The minimum Gasteiger partial charge on any atom is -0.381 e. The minimum absolute atomic E-state index is 0.445. The van der Waals surface area contributed by atoms with E-state index in [1.807, 2.05) is 12.1 Å². The van der Waals surface area contributed by atoms with Crippen molar-refractivity contribution in [3.05, 3.63) is 63.1 Å². The van der Waals surface area contributed by atoms with Gasteiger partial charge in [0.25, 0.3) is 0 Å². The summed E-state index contributed by atoms with van der Waals surface area (Å²) >= 11 is 9.69. The van der Waals surface area contributed by atoms with Gasteiger partial charge in [-0.05, 0) is 42.2 Å². The molecule has 0 amide bonds. The van der Waals surface area contributed by atoms with Crippen LogP contribution >= 0.6 is 27.5 Å². The molecule has 0 fully saturated rings. The average Bonchev–Trinajstić information content (AvgIpc) is 2.75. The molecule has 1 aliphatic rings. The van der Waals surface area contributed by atoms with Gasteiger partial charge in [0.15, 0.2) is 0 Å². The zero-order chi connectivity index (χ0) is 12.5. The van der Waals surface area contributed by atoms with Crippen LogP contribution in [0.25, 0.3) is 0 Å². The predicted octanol–water partition coefficient (Wildman–Crippen LogP) is 4.68. The normalized spacial score (nSPS) is 17.3. The maximum absolute atomic E-state index is 6.26. The first-order chi connectivity index (χ1) is 8.72. The second-order valence-electron chi connectivity index (χ2n) is 4.64. The van der Waals surface area contributed by atoms with Crippen LogP contribution in [0.15, 0.2) is 46.9 Å². The lowest BCUT2D eigenvalue weighted by molar-refractivity contribution is 0.746. The first-order valence-electron chi connectivity index (χ1n) is 6.01. The second-order valence-corrected chi connectivity index (χ2v) is 5.97. The highest BCUT2D eigenvalue weighted by Gasteiger charge is 2.20. The van der Waals surface area contributed by atoms with E-state index in [1.165, 1.54) is 16.8 Å². The van der Waals surface area contributed by atoms with Crippen molar-refractivity contribution in [1.82, 2.24) is 0 Å². The first-order valence-corrected chi connectivity index (χ1v) is 7.18. The highest BCUT2D eigenvalue weighted by atomic mass is 79.9. The summed E-state index contributed by atoms with van der Waals surface area (Å²) in [6.45, 7) is 0. The summed E-state index contributed by atoms with van der Waals surface area (Å²) in [5, 5.41) is 4.39. The summed E-state index contributed by atoms with van der Waals surface area (Å²) in [6.07, 6.45) is 2.03. The van der Waals surface area contributed by atoms with Gasteiger partial charge in [-0.1, -0.05) is 51.8 Å². The summed E-state index contributed by atoms with van der Waals surface area (Å²) < 4.78 is 1.03. The molecule has 1 heterocycles. The largest absolute Gasteiger partial charge is 0.381 e. The Bertz CT molecular complexity index is 557. The molecule has 0 saturated carbocycles. The molecule has 2 aromatic rings. The number of hydrogen-bond acceptors (Lipinski definition) is 1. The van der Waals surface area contributed by atoms with Gasteiger partial charge in [-0.15, -0.1) is 0 Å². The van der Waals surface area contributed by atoms with E-state index in [0.717, 1.165) is 22.3 Å². The van der Waals surface area contributed by atoms with Crippen LogP contribution in [-0.4, -0.2) is 6.04 Å². The number of halogens is 2. The molecular formula is C15H13BrClN. The number of benzene rings is 2. The van der Waals surface area contributed by atoms with Crippen LogP contribution in [0.3, 0.4) is 0 Å². The van der Waals surface area contributed by atoms with E-state index in [2.05, 4.69) is 51.6 Å². The van der Waals surface area contributed by atoms with E-state index in [9.17, 15) is 0 Å². The molecule has 1 N–H and O–H groups in total. The lowest BCUT2D eigenvalue weighted by atomic mass is 10.0. The van der Waals surface area contributed by atoms with Crippen LogP contribution in [0.2, 0.25) is 5.02 Å².